The molecular weight excluding hydrogens is 352 g/mol. The molecule has 2 aliphatic rings. The van der Waals surface area contributed by atoms with Crippen LogP contribution in [0.2, 0.25) is 0 Å². The van der Waals surface area contributed by atoms with Crippen molar-refractivity contribution in [3.05, 3.63) is 40.3 Å². The molecule has 27 heavy (non-hydrogen) atoms. The summed E-state index contributed by atoms with van der Waals surface area (Å²) in [6.07, 6.45) is 3.81. The topological polar surface area (TPSA) is 119 Å². The summed E-state index contributed by atoms with van der Waals surface area (Å²) < 4.78 is 5.19. The predicted octanol–water partition coefficient (Wildman–Crippen LogP) is 2.36. The first-order valence-corrected chi connectivity index (χ1v) is 8.97. The fourth-order valence-corrected chi connectivity index (χ4v) is 3.89. The summed E-state index contributed by atoms with van der Waals surface area (Å²) in [6, 6.07) is 5.95. The Kier molecular flexibility index (Phi) is 4.43. The van der Waals surface area contributed by atoms with Gasteiger partial charge in [0.25, 0.3) is 5.69 Å². The number of benzene rings is 1. The van der Waals surface area contributed by atoms with E-state index in [1.54, 1.807) is 12.1 Å². The standard InChI is InChI=1S/C18H18N4O5/c23-17-13-6-1-2-7-14(13)18(24)21(17)9-8-15-19-16(20-27-15)11-4-3-5-12(10-11)22(25)26/h3-5,10,13-14H,1-2,6-9H2/t13-,14-/m0/s1. The molecule has 2 heterocycles. The summed E-state index contributed by atoms with van der Waals surface area (Å²) in [5.41, 5.74) is 0.410. The molecule has 9 nitrogen and oxygen atoms in total. The van der Waals surface area contributed by atoms with Crippen molar-refractivity contribution in [1.82, 2.24) is 15.0 Å². The second kappa shape index (κ2) is 6.90. The van der Waals surface area contributed by atoms with Gasteiger partial charge in [-0.1, -0.05) is 30.1 Å². The van der Waals surface area contributed by atoms with Crippen molar-refractivity contribution in [3.8, 4) is 11.4 Å². The van der Waals surface area contributed by atoms with Crippen LogP contribution < -0.4 is 0 Å². The van der Waals surface area contributed by atoms with Gasteiger partial charge >= 0.3 is 0 Å². The number of carbonyl (C=O) groups excluding carboxylic acids is 2. The molecule has 2 amide bonds. The quantitative estimate of drug-likeness (QED) is 0.450. The molecule has 9 heteroatoms. The molecule has 2 fully saturated rings. The Morgan fingerprint density at radius 1 is 1.19 bits per heavy atom. The Morgan fingerprint density at radius 2 is 1.89 bits per heavy atom. The van der Waals surface area contributed by atoms with Gasteiger partial charge in [-0.2, -0.15) is 4.98 Å². The van der Waals surface area contributed by atoms with Crippen molar-refractivity contribution in [2.24, 2.45) is 11.8 Å². The number of rotatable bonds is 5. The smallest absolute Gasteiger partial charge is 0.270 e. The van der Waals surface area contributed by atoms with E-state index in [0.717, 1.165) is 25.7 Å². The monoisotopic (exact) mass is 370 g/mol. The van der Waals surface area contributed by atoms with Crippen LogP contribution in [-0.4, -0.2) is 38.3 Å². The van der Waals surface area contributed by atoms with E-state index in [1.165, 1.54) is 17.0 Å². The summed E-state index contributed by atoms with van der Waals surface area (Å²) in [4.78, 5) is 40.9. The van der Waals surface area contributed by atoms with Gasteiger partial charge in [0.2, 0.25) is 23.5 Å². The molecule has 4 rings (SSSR count). The van der Waals surface area contributed by atoms with Gasteiger partial charge in [-0.25, -0.2) is 0 Å². The Bertz CT molecular complexity index is 885. The second-order valence-corrected chi connectivity index (χ2v) is 6.89. The predicted molar refractivity (Wildman–Crippen MR) is 92.3 cm³/mol. The van der Waals surface area contributed by atoms with E-state index in [1.807, 2.05) is 0 Å². The number of nitro groups is 1. The van der Waals surface area contributed by atoms with Crippen LogP contribution >= 0.6 is 0 Å². The summed E-state index contributed by atoms with van der Waals surface area (Å²) >= 11 is 0. The van der Waals surface area contributed by atoms with E-state index in [0.29, 0.717) is 5.56 Å². The van der Waals surface area contributed by atoms with Gasteiger partial charge in [0.05, 0.1) is 16.8 Å². The maximum absolute atomic E-state index is 12.5. The molecular formula is C18H18N4O5. The van der Waals surface area contributed by atoms with Crippen LogP contribution in [0.25, 0.3) is 11.4 Å². The molecule has 0 bridgehead atoms. The van der Waals surface area contributed by atoms with Crippen molar-refractivity contribution < 1.29 is 19.0 Å². The zero-order valence-corrected chi connectivity index (χ0v) is 14.5. The fourth-order valence-electron chi connectivity index (χ4n) is 3.89. The Hall–Kier alpha value is -3.10. The van der Waals surface area contributed by atoms with E-state index in [9.17, 15) is 19.7 Å². The minimum atomic E-state index is -0.492. The molecule has 0 spiro atoms. The molecule has 0 radical (unpaired) electrons. The van der Waals surface area contributed by atoms with Gasteiger partial charge in [-0.3, -0.25) is 24.6 Å². The summed E-state index contributed by atoms with van der Waals surface area (Å²) in [5, 5.41) is 14.7. The van der Waals surface area contributed by atoms with Gasteiger partial charge in [0.1, 0.15) is 0 Å². The van der Waals surface area contributed by atoms with Crippen LogP contribution in [0.5, 0.6) is 0 Å². The van der Waals surface area contributed by atoms with Crippen LogP contribution in [-0.2, 0) is 16.0 Å². The van der Waals surface area contributed by atoms with Crippen molar-refractivity contribution in [1.29, 1.82) is 0 Å². The minimum Gasteiger partial charge on any atom is -0.339 e. The normalized spacial score (nSPS) is 22.1. The van der Waals surface area contributed by atoms with Crippen molar-refractivity contribution in [3.63, 3.8) is 0 Å². The fraction of sp³-hybridized carbons (Fsp3) is 0.444. The highest BCUT2D eigenvalue weighted by Gasteiger charge is 2.47. The van der Waals surface area contributed by atoms with E-state index in [4.69, 9.17) is 4.52 Å². The first-order valence-electron chi connectivity index (χ1n) is 8.97. The number of hydrogen-bond donors (Lipinski definition) is 0. The molecule has 2 atom stereocenters. The average molecular weight is 370 g/mol. The Balaban J connectivity index is 1.44. The molecule has 1 aromatic heterocycles. The highest BCUT2D eigenvalue weighted by Crippen LogP contribution is 2.38. The molecule has 1 aliphatic heterocycles. The maximum atomic E-state index is 12.5. The van der Waals surface area contributed by atoms with E-state index >= 15 is 0 Å². The van der Waals surface area contributed by atoms with Crippen LogP contribution in [0.3, 0.4) is 0 Å². The molecule has 1 aliphatic carbocycles. The number of nitro benzene ring substituents is 1. The van der Waals surface area contributed by atoms with Crippen molar-refractivity contribution >= 4 is 17.5 Å². The molecule has 140 valence electrons. The lowest BCUT2D eigenvalue weighted by Gasteiger charge is -2.19. The molecule has 1 saturated heterocycles. The lowest BCUT2D eigenvalue weighted by atomic mass is 9.81. The third kappa shape index (κ3) is 3.20. The molecule has 0 unspecified atom stereocenters. The van der Waals surface area contributed by atoms with E-state index < -0.39 is 4.92 Å². The van der Waals surface area contributed by atoms with E-state index in [-0.39, 0.29) is 54.0 Å². The van der Waals surface area contributed by atoms with E-state index in [2.05, 4.69) is 10.1 Å². The summed E-state index contributed by atoms with van der Waals surface area (Å²) in [6.45, 7) is 0.210. The number of aromatic nitrogens is 2. The zero-order valence-electron chi connectivity index (χ0n) is 14.5. The van der Waals surface area contributed by atoms with Gasteiger partial charge in [-0.05, 0) is 12.8 Å². The lowest BCUT2D eigenvalue weighted by molar-refractivity contribution is -0.384. The van der Waals surface area contributed by atoms with Gasteiger partial charge in [0, 0.05) is 30.7 Å². The summed E-state index contributed by atoms with van der Waals surface area (Å²) in [5.74, 6) is -0.0107. The van der Waals surface area contributed by atoms with Gasteiger partial charge < -0.3 is 4.52 Å². The highest BCUT2D eigenvalue weighted by atomic mass is 16.6. The highest BCUT2D eigenvalue weighted by molar-refractivity contribution is 6.05. The number of fused-ring (bicyclic) bond motifs is 1. The van der Waals surface area contributed by atoms with Gasteiger partial charge in [-0.15, -0.1) is 0 Å². The third-order valence-electron chi connectivity index (χ3n) is 5.26. The number of nitrogens with zero attached hydrogens (tertiary/aromatic N) is 4. The van der Waals surface area contributed by atoms with Crippen molar-refractivity contribution in [2.45, 2.75) is 32.1 Å². The molecule has 1 saturated carbocycles. The number of hydrogen-bond acceptors (Lipinski definition) is 7. The number of likely N-dealkylation sites (tertiary alicyclic amines) is 1. The lowest BCUT2D eigenvalue weighted by Crippen LogP contribution is -2.33. The first-order chi connectivity index (χ1) is 13.0. The Morgan fingerprint density at radius 3 is 2.56 bits per heavy atom. The van der Waals surface area contributed by atoms with Crippen molar-refractivity contribution in [2.75, 3.05) is 6.54 Å². The number of carbonyl (C=O) groups is 2. The van der Waals surface area contributed by atoms with Gasteiger partial charge in [0.15, 0.2) is 0 Å². The minimum absolute atomic E-state index is 0.0604. The number of imide groups is 1. The maximum Gasteiger partial charge on any atom is 0.270 e. The molecule has 0 N–H and O–H groups in total. The largest absolute Gasteiger partial charge is 0.339 e. The number of non-ortho nitro benzene ring substituents is 1. The average Bonchev–Trinajstić information content (AvgIpc) is 3.25. The SMILES string of the molecule is O=C1[C@H]2CCCC[C@@H]2C(=O)N1CCc1nc(-c2cccc([N+](=O)[O-])c2)no1. The third-order valence-corrected chi connectivity index (χ3v) is 5.26. The van der Waals surface area contributed by atoms with Crippen LogP contribution in [0.1, 0.15) is 31.6 Å². The molecule has 1 aromatic carbocycles. The second-order valence-electron chi connectivity index (χ2n) is 6.89. The first kappa shape index (κ1) is 17.3. The van der Waals surface area contributed by atoms with Crippen LogP contribution in [0.4, 0.5) is 5.69 Å². The summed E-state index contributed by atoms with van der Waals surface area (Å²) in [7, 11) is 0. The number of amides is 2. The zero-order chi connectivity index (χ0) is 19.0. The Labute approximate surface area is 154 Å². The van der Waals surface area contributed by atoms with Crippen LogP contribution in [0.15, 0.2) is 28.8 Å². The molecule has 2 aromatic rings. The van der Waals surface area contributed by atoms with Crippen LogP contribution in [0, 0.1) is 22.0 Å².